The average Bonchev–Trinajstić information content (AvgIpc) is 2.28. The lowest BCUT2D eigenvalue weighted by atomic mass is 10.1. The molecule has 0 saturated carbocycles. The first-order valence-corrected chi connectivity index (χ1v) is 5.82. The van der Waals surface area contributed by atoms with E-state index in [1.54, 1.807) is 24.1 Å². The van der Waals surface area contributed by atoms with Gasteiger partial charge in [0.2, 0.25) is 0 Å². The van der Waals surface area contributed by atoms with E-state index in [0.717, 1.165) is 0 Å². The van der Waals surface area contributed by atoms with Crippen molar-refractivity contribution in [2.75, 3.05) is 18.5 Å². The van der Waals surface area contributed by atoms with E-state index in [-0.39, 0.29) is 6.42 Å². The summed E-state index contributed by atoms with van der Waals surface area (Å²) in [6, 6.07) is 4.87. The zero-order chi connectivity index (χ0) is 13.7. The van der Waals surface area contributed by atoms with Gasteiger partial charge in [0.15, 0.2) is 0 Å². The smallest absolute Gasteiger partial charge is 0.303 e. The van der Waals surface area contributed by atoms with Gasteiger partial charge in [0.05, 0.1) is 5.56 Å². The molecule has 3 N–H and O–H groups in total. The number of carbonyl (C=O) groups excluding carboxylic acids is 1. The minimum Gasteiger partial charge on any atom is -0.481 e. The van der Waals surface area contributed by atoms with Crippen LogP contribution in [0.2, 0.25) is 5.02 Å². The third-order valence-corrected chi connectivity index (χ3v) is 2.75. The molecular formula is C12H15ClN2O3. The van der Waals surface area contributed by atoms with Crippen LogP contribution in [0.4, 0.5) is 5.69 Å². The second kappa shape index (κ2) is 6.26. The summed E-state index contributed by atoms with van der Waals surface area (Å²) in [6.45, 7) is 0.522. The first-order valence-electron chi connectivity index (χ1n) is 5.44. The Morgan fingerprint density at radius 3 is 2.67 bits per heavy atom. The highest BCUT2D eigenvalue weighted by Crippen LogP contribution is 2.23. The van der Waals surface area contributed by atoms with Gasteiger partial charge in [-0.1, -0.05) is 11.6 Å². The zero-order valence-corrected chi connectivity index (χ0v) is 10.8. The minimum atomic E-state index is -0.838. The molecule has 1 aromatic rings. The van der Waals surface area contributed by atoms with E-state index >= 15 is 0 Å². The number of hydrogen-bond donors (Lipinski definition) is 2. The molecule has 0 unspecified atom stereocenters. The normalized spacial score (nSPS) is 10.1. The molecule has 1 amide bonds. The van der Waals surface area contributed by atoms with Crippen LogP contribution < -0.4 is 10.6 Å². The van der Waals surface area contributed by atoms with Crippen molar-refractivity contribution in [3.05, 3.63) is 28.8 Å². The number of halogens is 1. The second-order valence-corrected chi connectivity index (χ2v) is 4.38. The van der Waals surface area contributed by atoms with Crippen molar-refractivity contribution in [1.82, 2.24) is 0 Å². The highest BCUT2D eigenvalue weighted by Gasteiger charge is 2.12. The largest absolute Gasteiger partial charge is 0.481 e. The molecule has 0 radical (unpaired) electrons. The lowest BCUT2D eigenvalue weighted by Gasteiger charge is -2.21. The molecular weight excluding hydrogens is 256 g/mol. The number of carbonyl (C=O) groups is 2. The van der Waals surface area contributed by atoms with Crippen LogP contribution in [0.25, 0.3) is 0 Å². The number of hydrogen-bond acceptors (Lipinski definition) is 3. The number of nitrogens with two attached hydrogens (primary N) is 1. The molecule has 0 fully saturated rings. The van der Waals surface area contributed by atoms with E-state index in [4.69, 9.17) is 22.4 Å². The maximum absolute atomic E-state index is 11.3. The fourth-order valence-electron chi connectivity index (χ4n) is 1.63. The van der Waals surface area contributed by atoms with Crippen molar-refractivity contribution >= 4 is 29.2 Å². The number of nitrogens with zero attached hydrogens (tertiary/aromatic N) is 1. The van der Waals surface area contributed by atoms with E-state index in [1.165, 1.54) is 6.07 Å². The number of benzene rings is 1. The van der Waals surface area contributed by atoms with Crippen LogP contribution in [0.1, 0.15) is 23.2 Å². The maximum Gasteiger partial charge on any atom is 0.303 e. The summed E-state index contributed by atoms with van der Waals surface area (Å²) in [5.74, 6) is -1.40. The topological polar surface area (TPSA) is 83.6 Å². The summed E-state index contributed by atoms with van der Waals surface area (Å²) in [5, 5.41) is 9.00. The highest BCUT2D eigenvalue weighted by molar-refractivity contribution is 6.31. The summed E-state index contributed by atoms with van der Waals surface area (Å²) in [4.78, 5) is 23.5. The fraction of sp³-hybridized carbons (Fsp3) is 0.333. The summed E-state index contributed by atoms with van der Waals surface area (Å²) in [6.07, 6.45) is 0.580. The van der Waals surface area contributed by atoms with Crippen LogP contribution in [0.5, 0.6) is 0 Å². The molecule has 0 heterocycles. The zero-order valence-electron chi connectivity index (χ0n) is 10.0. The molecule has 5 nitrogen and oxygen atoms in total. The van der Waals surface area contributed by atoms with Gasteiger partial charge in [0.1, 0.15) is 0 Å². The van der Waals surface area contributed by atoms with Crippen molar-refractivity contribution in [2.45, 2.75) is 12.8 Å². The summed E-state index contributed by atoms with van der Waals surface area (Å²) >= 11 is 5.81. The monoisotopic (exact) mass is 270 g/mol. The van der Waals surface area contributed by atoms with E-state index in [1.807, 2.05) is 0 Å². The van der Waals surface area contributed by atoms with Crippen LogP contribution in [0.3, 0.4) is 0 Å². The van der Waals surface area contributed by atoms with Gasteiger partial charge < -0.3 is 15.7 Å². The Morgan fingerprint density at radius 2 is 2.11 bits per heavy atom. The molecule has 0 aliphatic rings. The van der Waals surface area contributed by atoms with Crippen LogP contribution >= 0.6 is 11.6 Å². The Hall–Kier alpha value is -1.75. The van der Waals surface area contributed by atoms with Crippen LogP contribution in [0.15, 0.2) is 18.2 Å². The van der Waals surface area contributed by atoms with E-state index in [0.29, 0.717) is 29.2 Å². The Labute approximate surface area is 110 Å². The summed E-state index contributed by atoms with van der Waals surface area (Å²) in [7, 11) is 1.78. The molecule has 0 saturated heterocycles. The number of anilines is 1. The van der Waals surface area contributed by atoms with Crippen molar-refractivity contribution < 1.29 is 14.7 Å². The predicted molar refractivity (Wildman–Crippen MR) is 70.1 cm³/mol. The molecule has 18 heavy (non-hydrogen) atoms. The van der Waals surface area contributed by atoms with Crippen molar-refractivity contribution in [3.8, 4) is 0 Å². The number of primary amides is 1. The van der Waals surface area contributed by atoms with Gasteiger partial charge in [-0.15, -0.1) is 0 Å². The van der Waals surface area contributed by atoms with Gasteiger partial charge >= 0.3 is 5.97 Å². The molecule has 0 aromatic heterocycles. The highest BCUT2D eigenvalue weighted by atomic mass is 35.5. The lowest BCUT2D eigenvalue weighted by Crippen LogP contribution is -2.23. The fourth-order valence-corrected chi connectivity index (χ4v) is 1.80. The Bertz CT molecular complexity index is 463. The van der Waals surface area contributed by atoms with Gasteiger partial charge in [-0.2, -0.15) is 0 Å². The number of aliphatic carboxylic acids is 1. The van der Waals surface area contributed by atoms with Crippen molar-refractivity contribution in [2.24, 2.45) is 5.73 Å². The van der Waals surface area contributed by atoms with Crippen LogP contribution in [0, 0.1) is 0 Å². The maximum atomic E-state index is 11.3. The van der Waals surface area contributed by atoms with Gasteiger partial charge in [-0.3, -0.25) is 9.59 Å². The van der Waals surface area contributed by atoms with Gasteiger partial charge in [-0.05, 0) is 24.6 Å². The quantitative estimate of drug-likeness (QED) is 0.825. The number of amides is 1. The summed E-state index contributed by atoms with van der Waals surface area (Å²) in [5.41, 5.74) is 6.26. The lowest BCUT2D eigenvalue weighted by molar-refractivity contribution is -0.137. The second-order valence-electron chi connectivity index (χ2n) is 3.94. The predicted octanol–water partition coefficient (Wildman–Crippen LogP) is 1.74. The van der Waals surface area contributed by atoms with E-state index in [9.17, 15) is 9.59 Å². The molecule has 0 atom stereocenters. The molecule has 6 heteroatoms. The molecule has 0 spiro atoms. The molecule has 0 aliphatic heterocycles. The SMILES string of the molecule is CN(CCCC(=O)O)c1ccc(Cl)cc1C(N)=O. The van der Waals surface area contributed by atoms with E-state index < -0.39 is 11.9 Å². The summed E-state index contributed by atoms with van der Waals surface area (Å²) < 4.78 is 0. The first kappa shape index (κ1) is 14.3. The Morgan fingerprint density at radius 1 is 1.44 bits per heavy atom. The minimum absolute atomic E-state index is 0.0871. The number of rotatable bonds is 6. The first-order chi connectivity index (χ1) is 8.41. The van der Waals surface area contributed by atoms with Crippen molar-refractivity contribution in [1.29, 1.82) is 0 Å². The molecule has 1 rings (SSSR count). The molecule has 0 bridgehead atoms. The van der Waals surface area contributed by atoms with Crippen molar-refractivity contribution in [3.63, 3.8) is 0 Å². The Balaban J connectivity index is 2.81. The van der Waals surface area contributed by atoms with Gasteiger partial charge in [-0.25, -0.2) is 0 Å². The molecule has 98 valence electrons. The standard InChI is InChI=1S/C12H15ClN2O3/c1-15(6-2-3-11(16)17)10-5-4-8(13)7-9(10)12(14)18/h4-5,7H,2-3,6H2,1H3,(H2,14,18)(H,16,17). The third-order valence-electron chi connectivity index (χ3n) is 2.52. The number of carboxylic acid groups (broad SMARTS) is 1. The molecule has 0 aliphatic carbocycles. The Kier molecular flexibility index (Phi) is 4.97. The van der Waals surface area contributed by atoms with Gasteiger partial charge in [0, 0.05) is 30.7 Å². The van der Waals surface area contributed by atoms with Crippen LogP contribution in [-0.2, 0) is 4.79 Å². The number of carboxylic acids is 1. The van der Waals surface area contributed by atoms with E-state index in [2.05, 4.69) is 0 Å². The van der Waals surface area contributed by atoms with Gasteiger partial charge in [0.25, 0.3) is 5.91 Å². The third kappa shape index (κ3) is 3.92. The average molecular weight is 271 g/mol. The van der Waals surface area contributed by atoms with Crippen LogP contribution in [-0.4, -0.2) is 30.6 Å². The molecule has 1 aromatic carbocycles.